The largest absolute Gasteiger partial charge is 0.301 e. The van der Waals surface area contributed by atoms with Crippen molar-refractivity contribution >= 4 is 43.8 Å². The highest BCUT2D eigenvalue weighted by Crippen LogP contribution is 2.29. The van der Waals surface area contributed by atoms with E-state index in [0.29, 0.717) is 22.9 Å². The van der Waals surface area contributed by atoms with Crippen molar-refractivity contribution in [3.8, 4) is 0 Å². The van der Waals surface area contributed by atoms with Crippen molar-refractivity contribution < 1.29 is 13.2 Å². The zero-order valence-corrected chi connectivity index (χ0v) is 16.5. The number of anilines is 1. The van der Waals surface area contributed by atoms with Gasteiger partial charge in [0.25, 0.3) is 0 Å². The van der Waals surface area contributed by atoms with E-state index in [4.69, 9.17) is 11.6 Å². The summed E-state index contributed by atoms with van der Waals surface area (Å²) in [5.74, 6) is 0.300. The molecule has 3 rings (SSSR count). The molecule has 0 bridgehead atoms. The molecule has 1 aliphatic carbocycles. The second-order valence-corrected chi connectivity index (χ2v) is 10.1. The first-order valence-corrected chi connectivity index (χ1v) is 11.4. The minimum Gasteiger partial charge on any atom is -0.301 e. The van der Waals surface area contributed by atoms with E-state index >= 15 is 0 Å². The fourth-order valence-electron chi connectivity index (χ4n) is 3.06. The van der Waals surface area contributed by atoms with E-state index < -0.39 is 9.84 Å². The molecule has 0 radical (unpaired) electrons. The van der Waals surface area contributed by atoms with E-state index in [0.717, 1.165) is 17.8 Å². The van der Waals surface area contributed by atoms with E-state index in [9.17, 15) is 13.2 Å². The molecule has 1 fully saturated rings. The molecule has 1 aromatic carbocycles. The van der Waals surface area contributed by atoms with Gasteiger partial charge in [0.2, 0.25) is 25.2 Å². The topological polar surface area (TPSA) is 89.0 Å². The van der Waals surface area contributed by atoms with Crippen molar-refractivity contribution in [2.24, 2.45) is 5.92 Å². The Morgan fingerprint density at radius 1 is 1.19 bits per heavy atom. The van der Waals surface area contributed by atoms with Gasteiger partial charge in [0.05, 0.1) is 5.75 Å². The van der Waals surface area contributed by atoms with Gasteiger partial charge in [0.15, 0.2) is 0 Å². The number of carbonyl (C=O) groups excluding carboxylic acids is 1. The van der Waals surface area contributed by atoms with Gasteiger partial charge in [-0.3, -0.25) is 4.79 Å². The Hall–Kier alpha value is -1.51. The Bertz CT molecular complexity index is 860. The Balaban J connectivity index is 1.57. The van der Waals surface area contributed by atoms with Crippen LogP contribution in [0.3, 0.4) is 0 Å². The fourth-order valence-corrected chi connectivity index (χ4v) is 5.52. The van der Waals surface area contributed by atoms with Gasteiger partial charge in [-0.05, 0) is 30.0 Å². The first kappa shape index (κ1) is 19.3. The number of amides is 1. The van der Waals surface area contributed by atoms with Crippen LogP contribution in [0.5, 0.6) is 0 Å². The van der Waals surface area contributed by atoms with Crippen LogP contribution in [-0.4, -0.2) is 24.5 Å². The number of carbonyl (C=O) groups is 1. The second-order valence-electron chi connectivity index (χ2n) is 6.50. The first-order valence-electron chi connectivity index (χ1n) is 8.53. The van der Waals surface area contributed by atoms with Crippen molar-refractivity contribution in [3.05, 3.63) is 34.9 Å². The predicted octanol–water partition coefficient (Wildman–Crippen LogP) is 4.07. The van der Waals surface area contributed by atoms with Crippen LogP contribution in [0.4, 0.5) is 5.13 Å². The van der Waals surface area contributed by atoms with Crippen molar-refractivity contribution in [3.63, 3.8) is 0 Å². The molecule has 2 aromatic rings. The van der Waals surface area contributed by atoms with Crippen molar-refractivity contribution in [2.75, 3.05) is 5.32 Å². The summed E-state index contributed by atoms with van der Waals surface area (Å²) in [5, 5.41) is 10.9. The van der Waals surface area contributed by atoms with Crippen LogP contribution in [0.2, 0.25) is 5.02 Å². The van der Waals surface area contributed by atoms with Crippen LogP contribution in [0, 0.1) is 5.92 Å². The predicted molar refractivity (Wildman–Crippen MR) is 102 cm³/mol. The zero-order chi connectivity index (χ0) is 18.6. The molecule has 26 heavy (non-hydrogen) atoms. The van der Waals surface area contributed by atoms with Crippen LogP contribution >= 0.6 is 22.9 Å². The van der Waals surface area contributed by atoms with Crippen molar-refractivity contribution in [2.45, 2.75) is 48.6 Å². The molecule has 0 atom stereocenters. The van der Waals surface area contributed by atoms with Crippen LogP contribution in [-0.2, 0) is 20.4 Å². The van der Waals surface area contributed by atoms with Crippen LogP contribution in [0.1, 0.15) is 44.1 Å². The summed E-state index contributed by atoms with van der Waals surface area (Å²) >= 11 is 6.69. The maximum absolute atomic E-state index is 12.4. The molecule has 1 heterocycles. The molecule has 1 saturated carbocycles. The lowest BCUT2D eigenvalue weighted by Crippen LogP contribution is -2.12. The van der Waals surface area contributed by atoms with Gasteiger partial charge >= 0.3 is 0 Å². The summed E-state index contributed by atoms with van der Waals surface area (Å²) in [6, 6.07) is 6.60. The van der Waals surface area contributed by atoms with Crippen LogP contribution < -0.4 is 5.32 Å². The van der Waals surface area contributed by atoms with Gasteiger partial charge in [-0.15, -0.1) is 10.2 Å². The molecule has 1 aromatic heterocycles. The lowest BCUT2D eigenvalue weighted by Gasteiger charge is -2.07. The zero-order valence-electron chi connectivity index (χ0n) is 14.2. The Morgan fingerprint density at radius 2 is 1.88 bits per heavy atom. The summed E-state index contributed by atoms with van der Waals surface area (Å²) in [5.41, 5.74) is 0.617. The van der Waals surface area contributed by atoms with E-state index in [1.165, 1.54) is 25.7 Å². The molecule has 1 aliphatic rings. The third-order valence-electron chi connectivity index (χ3n) is 4.44. The number of nitrogens with zero attached hydrogens (tertiary/aromatic N) is 2. The second kappa shape index (κ2) is 8.45. The third-order valence-corrected chi connectivity index (χ3v) is 7.67. The van der Waals surface area contributed by atoms with Crippen LogP contribution in [0.15, 0.2) is 28.6 Å². The highest BCUT2D eigenvalue weighted by Gasteiger charge is 2.22. The normalized spacial score (nSPS) is 15.3. The minimum absolute atomic E-state index is 0.0986. The fraction of sp³-hybridized carbons (Fsp3) is 0.471. The molecular weight excluding hydrogens is 394 g/mol. The number of sulfone groups is 1. The van der Waals surface area contributed by atoms with Crippen LogP contribution in [0.25, 0.3) is 0 Å². The summed E-state index contributed by atoms with van der Waals surface area (Å²) < 4.78 is 24.8. The van der Waals surface area contributed by atoms with Crippen molar-refractivity contribution in [1.82, 2.24) is 10.2 Å². The lowest BCUT2D eigenvalue weighted by molar-refractivity contribution is -0.116. The molecule has 1 amide bonds. The molecule has 0 aliphatic heterocycles. The molecule has 0 saturated heterocycles. The van der Waals surface area contributed by atoms with Gasteiger partial charge in [-0.2, -0.15) is 0 Å². The van der Waals surface area contributed by atoms with Gasteiger partial charge < -0.3 is 5.32 Å². The number of hydrogen-bond acceptors (Lipinski definition) is 6. The number of aromatic nitrogens is 2. The Kier molecular flexibility index (Phi) is 6.26. The Labute approximate surface area is 161 Å². The first-order chi connectivity index (χ1) is 12.4. The number of rotatable bonds is 7. The monoisotopic (exact) mass is 413 g/mol. The molecule has 1 N–H and O–H groups in total. The summed E-state index contributed by atoms with van der Waals surface area (Å²) in [7, 11) is -3.62. The van der Waals surface area contributed by atoms with E-state index in [1.54, 1.807) is 24.3 Å². The quantitative estimate of drug-likeness (QED) is 0.691. The molecular formula is C17H20ClN3O3S2. The van der Waals surface area contributed by atoms with E-state index in [2.05, 4.69) is 15.5 Å². The highest BCUT2D eigenvalue weighted by molar-refractivity contribution is 7.92. The summed E-state index contributed by atoms with van der Waals surface area (Å²) in [4.78, 5) is 12.0. The SMILES string of the molecule is O=C(CCC1CCCC1)Nc1nnc(S(=O)(=O)Cc2ccc(Cl)cc2)s1. The molecule has 6 nitrogen and oxygen atoms in total. The number of hydrogen-bond donors (Lipinski definition) is 1. The molecule has 9 heteroatoms. The van der Waals surface area contributed by atoms with E-state index in [-0.39, 0.29) is 21.1 Å². The average molecular weight is 414 g/mol. The molecule has 140 valence electrons. The van der Waals surface area contributed by atoms with Gasteiger partial charge in [0, 0.05) is 11.4 Å². The smallest absolute Gasteiger partial charge is 0.234 e. The lowest BCUT2D eigenvalue weighted by atomic mass is 10.0. The van der Waals surface area contributed by atoms with E-state index in [1.807, 2.05) is 0 Å². The molecule has 0 unspecified atom stereocenters. The van der Waals surface area contributed by atoms with Gasteiger partial charge in [0.1, 0.15) is 0 Å². The van der Waals surface area contributed by atoms with Gasteiger partial charge in [-0.25, -0.2) is 8.42 Å². The van der Waals surface area contributed by atoms with Crippen molar-refractivity contribution in [1.29, 1.82) is 0 Å². The standard InChI is InChI=1S/C17H20ClN3O3S2/c18-14-8-5-13(6-9-14)11-26(23,24)17-21-20-16(25-17)19-15(22)10-7-12-3-1-2-4-12/h5-6,8-9,12H,1-4,7,10-11H2,(H,19,20,22). The highest BCUT2D eigenvalue weighted by atomic mass is 35.5. The number of nitrogens with one attached hydrogen (secondary N) is 1. The minimum atomic E-state index is -3.62. The maximum Gasteiger partial charge on any atom is 0.234 e. The molecule has 0 spiro atoms. The number of benzene rings is 1. The third kappa shape index (κ3) is 5.25. The number of halogens is 1. The average Bonchev–Trinajstić information content (AvgIpc) is 3.27. The summed E-state index contributed by atoms with van der Waals surface area (Å²) in [6.45, 7) is 0. The Morgan fingerprint density at radius 3 is 2.58 bits per heavy atom. The summed E-state index contributed by atoms with van der Waals surface area (Å²) in [6.07, 6.45) is 6.18. The van der Waals surface area contributed by atoms with Gasteiger partial charge in [-0.1, -0.05) is 60.8 Å². The maximum atomic E-state index is 12.4.